The minimum atomic E-state index is -0.457. The summed E-state index contributed by atoms with van der Waals surface area (Å²) in [5, 5.41) is 13.7. The van der Waals surface area contributed by atoms with Gasteiger partial charge < -0.3 is 15.0 Å². The van der Waals surface area contributed by atoms with Crippen molar-refractivity contribution in [1.82, 2.24) is 10.3 Å². The molecule has 0 fully saturated rings. The van der Waals surface area contributed by atoms with E-state index in [-0.39, 0.29) is 11.2 Å². The van der Waals surface area contributed by atoms with Gasteiger partial charge in [0.2, 0.25) is 0 Å². The van der Waals surface area contributed by atoms with Crippen molar-refractivity contribution in [2.45, 2.75) is 6.54 Å². The molecule has 0 aliphatic heterocycles. The molecule has 7 heteroatoms. The Labute approximate surface area is 127 Å². The summed E-state index contributed by atoms with van der Waals surface area (Å²) in [5.74, 6) is 0. The number of aromatic amines is 1. The monoisotopic (exact) mass is 303 g/mol. The summed E-state index contributed by atoms with van der Waals surface area (Å²) in [6.07, 6.45) is 0. The molecular weight excluding hydrogens is 286 g/mol. The second-order valence-corrected chi connectivity index (χ2v) is 4.70. The molecular formula is C15H17N3O4. The molecule has 2 rings (SSSR count). The van der Waals surface area contributed by atoms with Crippen molar-refractivity contribution in [3.8, 4) is 11.3 Å². The van der Waals surface area contributed by atoms with Gasteiger partial charge in [0, 0.05) is 43.6 Å². The average molecular weight is 303 g/mol. The number of nitro benzene ring substituents is 1. The third-order valence-electron chi connectivity index (χ3n) is 3.18. The SMILES string of the molecule is COCCNCc1ccc(-c2ccc([N+](=O)[O-])cc2)[nH]c1=O. The Kier molecular flexibility index (Phi) is 5.40. The van der Waals surface area contributed by atoms with E-state index in [4.69, 9.17) is 4.74 Å². The van der Waals surface area contributed by atoms with Gasteiger partial charge in [-0.3, -0.25) is 14.9 Å². The van der Waals surface area contributed by atoms with Crippen LogP contribution in [0.25, 0.3) is 11.3 Å². The predicted octanol–water partition coefficient (Wildman–Crippen LogP) is 1.69. The third-order valence-corrected chi connectivity index (χ3v) is 3.18. The van der Waals surface area contributed by atoms with Crippen molar-refractivity contribution in [2.24, 2.45) is 0 Å². The maximum atomic E-state index is 12.0. The molecule has 116 valence electrons. The molecule has 0 spiro atoms. The number of hydrogen-bond donors (Lipinski definition) is 2. The van der Waals surface area contributed by atoms with E-state index in [1.807, 2.05) is 0 Å². The van der Waals surface area contributed by atoms with Gasteiger partial charge in [-0.05, 0) is 23.8 Å². The quantitative estimate of drug-likeness (QED) is 0.461. The second-order valence-electron chi connectivity index (χ2n) is 4.70. The first-order valence-electron chi connectivity index (χ1n) is 6.78. The number of nitrogens with zero attached hydrogens (tertiary/aromatic N) is 1. The van der Waals surface area contributed by atoms with Gasteiger partial charge in [-0.25, -0.2) is 0 Å². The van der Waals surface area contributed by atoms with Crippen LogP contribution in [-0.2, 0) is 11.3 Å². The molecule has 2 aromatic rings. The number of H-pyrrole nitrogens is 1. The summed E-state index contributed by atoms with van der Waals surface area (Å²) >= 11 is 0. The van der Waals surface area contributed by atoms with Crippen LogP contribution in [0.3, 0.4) is 0 Å². The molecule has 0 saturated heterocycles. The van der Waals surface area contributed by atoms with E-state index >= 15 is 0 Å². The number of aromatic nitrogens is 1. The van der Waals surface area contributed by atoms with E-state index in [9.17, 15) is 14.9 Å². The Hall–Kier alpha value is -2.51. The van der Waals surface area contributed by atoms with E-state index in [0.717, 1.165) is 5.56 Å². The number of benzene rings is 1. The fourth-order valence-corrected chi connectivity index (χ4v) is 1.97. The lowest BCUT2D eigenvalue weighted by Crippen LogP contribution is -2.23. The van der Waals surface area contributed by atoms with Crippen molar-refractivity contribution in [2.75, 3.05) is 20.3 Å². The highest BCUT2D eigenvalue weighted by Crippen LogP contribution is 2.19. The Morgan fingerprint density at radius 2 is 1.95 bits per heavy atom. The maximum Gasteiger partial charge on any atom is 0.269 e. The lowest BCUT2D eigenvalue weighted by molar-refractivity contribution is -0.384. The zero-order chi connectivity index (χ0) is 15.9. The van der Waals surface area contributed by atoms with Crippen LogP contribution < -0.4 is 10.9 Å². The molecule has 22 heavy (non-hydrogen) atoms. The first kappa shape index (κ1) is 15.9. The minimum Gasteiger partial charge on any atom is -0.383 e. The van der Waals surface area contributed by atoms with E-state index in [2.05, 4.69) is 10.3 Å². The smallest absolute Gasteiger partial charge is 0.269 e. The molecule has 7 nitrogen and oxygen atoms in total. The van der Waals surface area contributed by atoms with Crippen LogP contribution in [0, 0.1) is 10.1 Å². The van der Waals surface area contributed by atoms with Crippen LogP contribution in [-0.4, -0.2) is 30.2 Å². The summed E-state index contributed by atoms with van der Waals surface area (Å²) in [6.45, 7) is 1.71. The van der Waals surface area contributed by atoms with E-state index in [1.54, 1.807) is 31.4 Å². The highest BCUT2D eigenvalue weighted by atomic mass is 16.6. The third kappa shape index (κ3) is 4.00. The second kappa shape index (κ2) is 7.48. The number of methoxy groups -OCH3 is 1. The number of non-ortho nitro benzene ring substituents is 1. The number of rotatable bonds is 7. The summed E-state index contributed by atoms with van der Waals surface area (Å²) in [7, 11) is 1.62. The molecule has 0 atom stereocenters. The number of ether oxygens (including phenoxy) is 1. The Balaban J connectivity index is 2.11. The van der Waals surface area contributed by atoms with Gasteiger partial charge >= 0.3 is 0 Å². The fraction of sp³-hybridized carbons (Fsp3) is 0.267. The van der Waals surface area contributed by atoms with Gasteiger partial charge in [0.25, 0.3) is 11.2 Å². The maximum absolute atomic E-state index is 12.0. The van der Waals surface area contributed by atoms with E-state index < -0.39 is 4.92 Å². The van der Waals surface area contributed by atoms with Gasteiger partial charge in [-0.15, -0.1) is 0 Å². The predicted molar refractivity (Wildman–Crippen MR) is 82.7 cm³/mol. The normalized spacial score (nSPS) is 10.6. The fourth-order valence-electron chi connectivity index (χ4n) is 1.97. The van der Waals surface area contributed by atoms with Crippen LogP contribution in [0.15, 0.2) is 41.2 Å². The van der Waals surface area contributed by atoms with Crippen molar-refractivity contribution >= 4 is 5.69 Å². The van der Waals surface area contributed by atoms with Crippen LogP contribution in [0.1, 0.15) is 5.56 Å². The number of hydrogen-bond acceptors (Lipinski definition) is 5. The van der Waals surface area contributed by atoms with Gasteiger partial charge in [-0.1, -0.05) is 6.07 Å². The molecule has 1 heterocycles. The molecule has 0 aliphatic rings. The first-order chi connectivity index (χ1) is 10.6. The first-order valence-corrected chi connectivity index (χ1v) is 6.78. The van der Waals surface area contributed by atoms with Crippen molar-refractivity contribution in [1.29, 1.82) is 0 Å². The average Bonchev–Trinajstić information content (AvgIpc) is 2.53. The molecule has 2 N–H and O–H groups in total. The van der Waals surface area contributed by atoms with Crippen LogP contribution in [0.4, 0.5) is 5.69 Å². The van der Waals surface area contributed by atoms with Crippen molar-refractivity contribution < 1.29 is 9.66 Å². The van der Waals surface area contributed by atoms with E-state index in [1.165, 1.54) is 12.1 Å². The lowest BCUT2D eigenvalue weighted by Gasteiger charge is -2.06. The zero-order valence-electron chi connectivity index (χ0n) is 12.2. The number of nitrogens with one attached hydrogen (secondary N) is 2. The summed E-state index contributed by atoms with van der Waals surface area (Å²) < 4.78 is 4.92. The van der Waals surface area contributed by atoms with Gasteiger partial charge in [0.15, 0.2) is 0 Å². The molecule has 0 aliphatic carbocycles. The largest absolute Gasteiger partial charge is 0.383 e. The van der Waals surface area contributed by atoms with E-state index in [0.29, 0.717) is 31.0 Å². The Morgan fingerprint density at radius 1 is 1.23 bits per heavy atom. The lowest BCUT2D eigenvalue weighted by atomic mass is 10.1. The van der Waals surface area contributed by atoms with Crippen LogP contribution in [0.2, 0.25) is 0 Å². The molecule has 0 radical (unpaired) electrons. The Morgan fingerprint density at radius 3 is 2.55 bits per heavy atom. The molecule has 1 aromatic heterocycles. The van der Waals surface area contributed by atoms with Gasteiger partial charge in [0.1, 0.15) is 0 Å². The highest BCUT2D eigenvalue weighted by molar-refractivity contribution is 5.60. The van der Waals surface area contributed by atoms with Gasteiger partial charge in [-0.2, -0.15) is 0 Å². The van der Waals surface area contributed by atoms with Crippen LogP contribution in [0.5, 0.6) is 0 Å². The molecule has 0 saturated carbocycles. The van der Waals surface area contributed by atoms with Crippen molar-refractivity contribution in [3.63, 3.8) is 0 Å². The topological polar surface area (TPSA) is 97.3 Å². The number of pyridine rings is 1. The standard InChI is InChI=1S/C15H17N3O4/c1-22-9-8-16-10-12-4-7-14(17-15(12)19)11-2-5-13(6-3-11)18(20)21/h2-7,16H,8-10H2,1H3,(H,17,19). The minimum absolute atomic E-state index is 0.0186. The van der Waals surface area contributed by atoms with Gasteiger partial charge in [0.05, 0.1) is 11.5 Å². The molecule has 0 amide bonds. The molecule has 0 unspecified atom stereocenters. The highest BCUT2D eigenvalue weighted by Gasteiger charge is 2.07. The summed E-state index contributed by atoms with van der Waals surface area (Å²) in [4.78, 5) is 25.0. The Bertz CT molecular complexity index is 695. The molecule has 1 aromatic carbocycles. The summed E-state index contributed by atoms with van der Waals surface area (Å²) in [6, 6.07) is 9.58. The van der Waals surface area contributed by atoms with Crippen LogP contribution >= 0.6 is 0 Å². The van der Waals surface area contributed by atoms with Crippen molar-refractivity contribution in [3.05, 3.63) is 62.4 Å². The zero-order valence-corrected chi connectivity index (χ0v) is 12.2. The molecule has 0 bridgehead atoms. The number of nitro groups is 1. The summed E-state index contributed by atoms with van der Waals surface area (Å²) in [5.41, 5.74) is 1.81.